The standard InChI is InChI=1S/C62H49N/c1-41-50-26-7-4-8-28-52(50)55-31-15-16-34-58(55)61(41)51-27-10-9-23-47(51)37-43-19-18-25-48(39-43)62-42(2)49(35-36-60(63-62)45-21-5-3-6-22-45)46-24-17-20-44(38-46)40-59-56-32-13-11-29-53(56)54-30-12-14-33-57(54)59/h3,5-35,38-39,59H,4,36-37,40H2,1-2H3. The lowest BCUT2D eigenvalue weighted by atomic mass is 9.84. The van der Waals surface area contributed by atoms with Crippen LogP contribution in [0.5, 0.6) is 0 Å². The van der Waals surface area contributed by atoms with Crippen LogP contribution in [-0.2, 0) is 12.8 Å². The molecule has 0 saturated carbocycles. The van der Waals surface area contributed by atoms with Crippen LogP contribution in [-0.4, -0.2) is 5.71 Å². The molecule has 0 unspecified atom stereocenters. The molecular weight excluding hydrogens is 759 g/mol. The molecule has 0 bridgehead atoms. The number of nitrogens with zero attached hydrogens (tertiary/aromatic N) is 1. The zero-order valence-electron chi connectivity index (χ0n) is 36.0. The van der Waals surface area contributed by atoms with E-state index in [1.54, 1.807) is 0 Å². The van der Waals surface area contributed by atoms with Crippen LogP contribution in [0.2, 0.25) is 0 Å². The maximum atomic E-state index is 5.57. The maximum Gasteiger partial charge on any atom is 0.0740 e. The highest BCUT2D eigenvalue weighted by Gasteiger charge is 2.28. The third-order valence-corrected chi connectivity index (χ3v) is 13.5. The van der Waals surface area contributed by atoms with Gasteiger partial charge in [-0.15, -0.1) is 0 Å². The Morgan fingerprint density at radius 2 is 1.13 bits per heavy atom. The molecule has 8 aromatic rings. The molecule has 0 radical (unpaired) electrons. The number of fused-ring (bicyclic) bond motifs is 6. The van der Waals surface area contributed by atoms with Gasteiger partial charge in [-0.2, -0.15) is 0 Å². The van der Waals surface area contributed by atoms with Gasteiger partial charge in [0.15, 0.2) is 0 Å². The molecule has 0 amide bonds. The van der Waals surface area contributed by atoms with Crippen LogP contribution in [0.3, 0.4) is 0 Å². The molecule has 0 aromatic heterocycles. The van der Waals surface area contributed by atoms with Crippen molar-refractivity contribution < 1.29 is 0 Å². The zero-order valence-corrected chi connectivity index (χ0v) is 36.0. The van der Waals surface area contributed by atoms with Gasteiger partial charge in [0.05, 0.1) is 11.4 Å². The minimum absolute atomic E-state index is 0.331. The Hall–Kier alpha value is -7.35. The van der Waals surface area contributed by atoms with Crippen LogP contribution in [0.25, 0.3) is 56.4 Å². The first-order valence-corrected chi connectivity index (χ1v) is 22.5. The third kappa shape index (κ3) is 7.14. The van der Waals surface area contributed by atoms with Gasteiger partial charge in [-0.1, -0.05) is 200 Å². The van der Waals surface area contributed by atoms with E-state index < -0.39 is 0 Å². The fourth-order valence-electron chi connectivity index (χ4n) is 10.5. The number of allylic oxidation sites excluding steroid dienone is 5. The summed E-state index contributed by atoms with van der Waals surface area (Å²) in [4.78, 5) is 5.57. The highest BCUT2D eigenvalue weighted by atomic mass is 14.8. The summed E-state index contributed by atoms with van der Waals surface area (Å²) in [5, 5.41) is 2.61. The van der Waals surface area contributed by atoms with E-state index in [0.717, 1.165) is 48.2 Å². The van der Waals surface area contributed by atoms with Gasteiger partial charge in [-0.3, -0.25) is 4.99 Å². The third-order valence-electron chi connectivity index (χ3n) is 13.5. The van der Waals surface area contributed by atoms with Crippen molar-refractivity contribution in [3.63, 3.8) is 0 Å². The monoisotopic (exact) mass is 807 g/mol. The molecule has 1 heteroatoms. The van der Waals surface area contributed by atoms with Crippen molar-refractivity contribution in [1.29, 1.82) is 0 Å². The van der Waals surface area contributed by atoms with Crippen molar-refractivity contribution in [3.8, 4) is 22.3 Å². The second kappa shape index (κ2) is 16.5. The van der Waals surface area contributed by atoms with Gasteiger partial charge in [0.2, 0.25) is 0 Å². The van der Waals surface area contributed by atoms with Gasteiger partial charge >= 0.3 is 0 Å². The highest BCUT2D eigenvalue weighted by molar-refractivity contribution is 6.08. The Bertz CT molecular complexity index is 3190. The number of benzene rings is 8. The quantitative estimate of drug-likeness (QED) is 0.145. The minimum Gasteiger partial charge on any atom is -0.252 e. The summed E-state index contributed by atoms with van der Waals surface area (Å²) in [7, 11) is 0. The van der Waals surface area contributed by atoms with Gasteiger partial charge in [-0.25, -0.2) is 0 Å². The number of hydrogen-bond donors (Lipinski definition) is 0. The van der Waals surface area contributed by atoms with Crippen LogP contribution in [0.1, 0.15) is 86.9 Å². The normalized spacial score (nSPS) is 14.4. The van der Waals surface area contributed by atoms with Gasteiger partial charge in [0, 0.05) is 17.9 Å². The Kier molecular flexibility index (Phi) is 10.1. The molecule has 1 heterocycles. The molecule has 0 N–H and O–H groups in total. The lowest BCUT2D eigenvalue weighted by Crippen LogP contribution is -2.02. The largest absolute Gasteiger partial charge is 0.252 e. The smallest absolute Gasteiger partial charge is 0.0740 e. The average Bonchev–Trinajstić information content (AvgIpc) is 3.47. The molecular formula is C62H49N. The van der Waals surface area contributed by atoms with Crippen molar-refractivity contribution in [2.75, 3.05) is 0 Å². The Labute approximate surface area is 371 Å². The first-order valence-electron chi connectivity index (χ1n) is 22.5. The summed E-state index contributed by atoms with van der Waals surface area (Å²) >= 11 is 0. The van der Waals surface area contributed by atoms with E-state index in [4.69, 9.17) is 4.99 Å². The number of hydrogen-bond acceptors (Lipinski definition) is 1. The van der Waals surface area contributed by atoms with E-state index in [2.05, 4.69) is 220 Å². The fourth-order valence-corrected chi connectivity index (χ4v) is 10.5. The molecule has 0 atom stereocenters. The molecule has 0 spiro atoms. The number of rotatable bonds is 8. The Morgan fingerprint density at radius 3 is 1.90 bits per heavy atom. The Balaban J connectivity index is 0.975. The van der Waals surface area contributed by atoms with Crippen molar-refractivity contribution >= 4 is 39.9 Å². The molecule has 0 saturated heterocycles. The Morgan fingerprint density at radius 1 is 0.524 bits per heavy atom. The predicted octanol–water partition coefficient (Wildman–Crippen LogP) is 15.9. The summed E-state index contributed by atoms with van der Waals surface area (Å²) in [5.74, 6) is 0.331. The topological polar surface area (TPSA) is 12.4 Å². The van der Waals surface area contributed by atoms with E-state index >= 15 is 0 Å². The van der Waals surface area contributed by atoms with Crippen LogP contribution in [0.4, 0.5) is 0 Å². The SMILES string of the molecule is CC1=C(c2cccc(Cc3ccccc3-c3c(C)c4c(c5ccccc35)C=CCC=C4)c2)N=C(c2ccccc2)CC=C1c1cccc(CC2c3ccccc3-c3ccccc32)c1. The summed E-state index contributed by atoms with van der Waals surface area (Å²) in [6.45, 7) is 4.57. The van der Waals surface area contributed by atoms with Crippen LogP contribution in [0.15, 0.2) is 205 Å². The van der Waals surface area contributed by atoms with Crippen molar-refractivity contribution in [1.82, 2.24) is 0 Å². The summed E-state index contributed by atoms with van der Waals surface area (Å²) < 4.78 is 0. The molecule has 11 rings (SSSR count). The van der Waals surface area contributed by atoms with E-state index in [9.17, 15) is 0 Å². The summed E-state index contributed by atoms with van der Waals surface area (Å²) in [6.07, 6.45) is 15.1. The van der Waals surface area contributed by atoms with Gasteiger partial charge in [-0.05, 0) is 139 Å². The lowest BCUT2D eigenvalue weighted by Gasteiger charge is -2.20. The predicted molar refractivity (Wildman–Crippen MR) is 268 cm³/mol. The second-order valence-corrected chi connectivity index (χ2v) is 17.3. The van der Waals surface area contributed by atoms with Crippen molar-refractivity contribution in [2.45, 2.75) is 45.4 Å². The zero-order chi connectivity index (χ0) is 42.3. The molecule has 1 nitrogen and oxygen atoms in total. The molecule has 63 heavy (non-hydrogen) atoms. The highest BCUT2D eigenvalue weighted by Crippen LogP contribution is 2.47. The van der Waals surface area contributed by atoms with Crippen molar-refractivity contribution in [3.05, 3.63) is 261 Å². The van der Waals surface area contributed by atoms with E-state index in [-0.39, 0.29) is 0 Å². The molecule has 8 aromatic carbocycles. The van der Waals surface area contributed by atoms with E-state index in [0.29, 0.717) is 5.92 Å². The fraction of sp³-hybridized carbons (Fsp3) is 0.113. The number of aliphatic imine (C=N–C) groups is 1. The first kappa shape index (κ1) is 38.6. The van der Waals surface area contributed by atoms with Crippen LogP contribution >= 0.6 is 0 Å². The molecule has 3 aliphatic rings. The summed E-state index contributed by atoms with van der Waals surface area (Å²) in [6, 6.07) is 65.0. The lowest BCUT2D eigenvalue weighted by molar-refractivity contribution is 0.827. The van der Waals surface area contributed by atoms with Gasteiger partial charge < -0.3 is 0 Å². The van der Waals surface area contributed by atoms with Gasteiger partial charge in [0.25, 0.3) is 0 Å². The molecule has 1 aliphatic heterocycles. The van der Waals surface area contributed by atoms with Crippen molar-refractivity contribution in [2.24, 2.45) is 4.99 Å². The minimum atomic E-state index is 0.331. The average molecular weight is 808 g/mol. The maximum absolute atomic E-state index is 5.57. The second-order valence-electron chi connectivity index (χ2n) is 17.3. The van der Waals surface area contributed by atoms with Crippen LogP contribution < -0.4 is 0 Å². The molecule has 2 aliphatic carbocycles. The van der Waals surface area contributed by atoms with Crippen LogP contribution in [0, 0.1) is 6.92 Å². The first-order chi connectivity index (χ1) is 31.1. The molecule has 302 valence electrons. The van der Waals surface area contributed by atoms with Gasteiger partial charge in [0.1, 0.15) is 0 Å². The molecule has 0 fully saturated rings. The summed E-state index contributed by atoms with van der Waals surface area (Å²) in [5.41, 5.74) is 24.2. The van der Waals surface area contributed by atoms with E-state index in [1.165, 1.54) is 94.2 Å². The van der Waals surface area contributed by atoms with E-state index in [1.807, 2.05) is 0 Å².